The van der Waals surface area contributed by atoms with Gasteiger partial charge in [0.1, 0.15) is 5.60 Å². The van der Waals surface area contributed by atoms with E-state index in [9.17, 15) is 26.8 Å². The van der Waals surface area contributed by atoms with E-state index in [1.54, 1.807) is 20.8 Å². The molecular weight excluding hydrogens is 374 g/mol. The van der Waals surface area contributed by atoms with Gasteiger partial charge in [-0.1, -0.05) is 0 Å². The highest BCUT2D eigenvalue weighted by Crippen LogP contribution is 2.53. The highest BCUT2D eigenvalue weighted by molar-refractivity contribution is 7.86. The molecule has 26 heavy (non-hydrogen) atoms. The summed E-state index contributed by atoms with van der Waals surface area (Å²) >= 11 is 0. The highest BCUT2D eigenvalue weighted by Gasteiger charge is 2.58. The van der Waals surface area contributed by atoms with Crippen LogP contribution in [-0.2, 0) is 29.2 Å². The van der Waals surface area contributed by atoms with Crippen LogP contribution in [0.15, 0.2) is 0 Å². The quantitative estimate of drug-likeness (QED) is 0.560. The van der Waals surface area contributed by atoms with Crippen molar-refractivity contribution in [3.8, 4) is 0 Å². The predicted molar refractivity (Wildman–Crippen MR) is 85.7 cm³/mol. The fourth-order valence-electron chi connectivity index (χ4n) is 3.87. The lowest BCUT2D eigenvalue weighted by Gasteiger charge is -2.32. The molecule has 5 atom stereocenters. The molecule has 5 unspecified atom stereocenters. The van der Waals surface area contributed by atoms with E-state index in [0.717, 1.165) is 6.42 Å². The number of hydrogen-bond donors (Lipinski definition) is 1. The summed E-state index contributed by atoms with van der Waals surface area (Å²) in [7, 11) is -5.74. The Morgan fingerprint density at radius 3 is 1.96 bits per heavy atom. The van der Waals surface area contributed by atoms with E-state index in [2.05, 4.69) is 4.74 Å². The predicted octanol–water partition coefficient (Wildman–Crippen LogP) is 2.40. The number of hydrogen-bond acceptors (Lipinski definition) is 6. The molecule has 2 aliphatic rings. The van der Waals surface area contributed by atoms with Crippen molar-refractivity contribution >= 4 is 22.1 Å². The summed E-state index contributed by atoms with van der Waals surface area (Å²) in [6.07, 6.45) is -0.405. The van der Waals surface area contributed by atoms with Crippen LogP contribution in [0.5, 0.6) is 0 Å². The molecule has 0 spiro atoms. The van der Waals surface area contributed by atoms with Crippen LogP contribution in [0, 0.1) is 23.7 Å². The van der Waals surface area contributed by atoms with Crippen molar-refractivity contribution in [2.75, 3.05) is 0 Å². The van der Waals surface area contributed by atoms with Crippen LogP contribution in [0.25, 0.3) is 0 Å². The molecule has 0 amide bonds. The first-order chi connectivity index (χ1) is 11.6. The number of alkyl halides is 2. The molecule has 2 bridgehead atoms. The number of ether oxygens (including phenoxy) is 2. The van der Waals surface area contributed by atoms with Crippen molar-refractivity contribution < 1.29 is 40.8 Å². The van der Waals surface area contributed by atoms with Gasteiger partial charge in [-0.2, -0.15) is 17.2 Å². The van der Waals surface area contributed by atoms with Crippen LogP contribution in [0.2, 0.25) is 0 Å². The number of halogens is 2. The van der Waals surface area contributed by atoms with E-state index in [-0.39, 0.29) is 11.8 Å². The van der Waals surface area contributed by atoms with E-state index < -0.39 is 50.9 Å². The van der Waals surface area contributed by atoms with E-state index in [1.807, 2.05) is 0 Å². The average Bonchev–Trinajstić information content (AvgIpc) is 3.04. The van der Waals surface area contributed by atoms with Crippen molar-refractivity contribution in [3.63, 3.8) is 0 Å². The monoisotopic (exact) mass is 398 g/mol. The molecule has 2 aliphatic carbocycles. The molecule has 0 aromatic carbocycles. The molecular formula is C16H24F2O7S. The van der Waals surface area contributed by atoms with Crippen molar-refractivity contribution in [2.24, 2.45) is 23.7 Å². The zero-order valence-electron chi connectivity index (χ0n) is 15.1. The third-order valence-electron chi connectivity index (χ3n) is 4.98. The third kappa shape index (κ3) is 4.00. The number of fused-ring (bicyclic) bond motifs is 2. The Labute approximate surface area is 151 Å². The summed E-state index contributed by atoms with van der Waals surface area (Å²) < 4.78 is 67.5. The topological polar surface area (TPSA) is 107 Å². The first kappa shape index (κ1) is 21.0. The molecule has 0 aliphatic heterocycles. The summed E-state index contributed by atoms with van der Waals surface area (Å²) in [6.45, 7) is 5.72. The summed E-state index contributed by atoms with van der Waals surface area (Å²) in [5, 5.41) is -4.64. The lowest BCUT2D eigenvalue weighted by Crippen LogP contribution is -2.45. The number of carbonyl (C=O) groups excluding carboxylic acids is 2. The fraction of sp³-hybridized carbons (Fsp3) is 0.875. The molecule has 1 N–H and O–H groups in total. The lowest BCUT2D eigenvalue weighted by molar-refractivity contribution is -0.177. The minimum absolute atomic E-state index is 0.0928. The van der Waals surface area contributed by atoms with Gasteiger partial charge in [-0.05, 0) is 58.8 Å². The van der Waals surface area contributed by atoms with Crippen LogP contribution in [-0.4, -0.2) is 41.9 Å². The maximum absolute atomic E-state index is 13.6. The Hall–Kier alpha value is -1.29. The Morgan fingerprint density at radius 2 is 1.54 bits per heavy atom. The normalized spacial score (nSPS) is 30.1. The lowest BCUT2D eigenvalue weighted by atomic mass is 9.79. The zero-order valence-corrected chi connectivity index (χ0v) is 15.9. The Morgan fingerprint density at radius 1 is 1.08 bits per heavy atom. The molecule has 0 heterocycles. The molecule has 2 rings (SSSR count). The zero-order chi connectivity index (χ0) is 20.1. The molecule has 0 aromatic heterocycles. The Kier molecular flexibility index (Phi) is 5.42. The summed E-state index contributed by atoms with van der Waals surface area (Å²) in [4.78, 5) is 25.0. The number of carbonyl (C=O) groups is 2. The van der Waals surface area contributed by atoms with E-state index in [1.165, 1.54) is 0 Å². The van der Waals surface area contributed by atoms with Gasteiger partial charge in [-0.3, -0.25) is 14.1 Å². The first-order valence-corrected chi connectivity index (χ1v) is 9.87. The van der Waals surface area contributed by atoms with Gasteiger partial charge >= 0.3 is 27.3 Å². The molecule has 7 nitrogen and oxygen atoms in total. The van der Waals surface area contributed by atoms with E-state index >= 15 is 0 Å². The second kappa shape index (κ2) is 6.70. The van der Waals surface area contributed by atoms with Gasteiger partial charge in [0.2, 0.25) is 0 Å². The molecule has 0 saturated heterocycles. The fourth-order valence-corrected chi connectivity index (χ4v) is 4.34. The van der Waals surface area contributed by atoms with Crippen LogP contribution < -0.4 is 0 Å². The van der Waals surface area contributed by atoms with Gasteiger partial charge in [0.15, 0.2) is 6.10 Å². The van der Waals surface area contributed by atoms with E-state index in [4.69, 9.17) is 9.29 Å². The Balaban J connectivity index is 2.17. The highest BCUT2D eigenvalue weighted by atomic mass is 32.2. The maximum atomic E-state index is 13.6. The van der Waals surface area contributed by atoms with Crippen molar-refractivity contribution in [1.82, 2.24) is 0 Å². The van der Waals surface area contributed by atoms with Crippen LogP contribution in [0.4, 0.5) is 8.78 Å². The van der Waals surface area contributed by atoms with Gasteiger partial charge < -0.3 is 9.47 Å². The third-order valence-corrected chi connectivity index (χ3v) is 6.00. The summed E-state index contributed by atoms with van der Waals surface area (Å²) in [5.41, 5.74) is -0.765. The van der Waals surface area contributed by atoms with Crippen LogP contribution in [0.1, 0.15) is 47.0 Å². The van der Waals surface area contributed by atoms with Gasteiger partial charge in [-0.25, -0.2) is 0 Å². The van der Waals surface area contributed by atoms with Gasteiger partial charge in [0, 0.05) is 0 Å². The number of esters is 2. The van der Waals surface area contributed by atoms with Crippen LogP contribution in [0.3, 0.4) is 0 Å². The summed E-state index contributed by atoms with van der Waals surface area (Å²) in [6, 6.07) is 0. The second-order valence-electron chi connectivity index (χ2n) is 8.03. The van der Waals surface area contributed by atoms with E-state index in [0.29, 0.717) is 19.8 Å². The minimum atomic E-state index is -5.74. The molecule has 2 fully saturated rings. The van der Waals surface area contributed by atoms with Crippen molar-refractivity contribution in [3.05, 3.63) is 0 Å². The molecule has 0 aromatic rings. The second-order valence-corrected chi connectivity index (χ2v) is 9.53. The molecule has 150 valence electrons. The minimum Gasteiger partial charge on any atom is -0.460 e. The average molecular weight is 398 g/mol. The molecule has 10 heteroatoms. The van der Waals surface area contributed by atoms with Crippen molar-refractivity contribution in [1.29, 1.82) is 0 Å². The largest absolute Gasteiger partial charge is 0.460 e. The Bertz CT molecular complexity index is 683. The van der Waals surface area contributed by atoms with Gasteiger partial charge in [-0.15, -0.1) is 0 Å². The van der Waals surface area contributed by atoms with Gasteiger partial charge in [0.25, 0.3) is 0 Å². The van der Waals surface area contributed by atoms with Crippen LogP contribution >= 0.6 is 0 Å². The maximum Gasteiger partial charge on any atom is 0.405 e. The molecule has 0 radical (unpaired) electrons. The van der Waals surface area contributed by atoms with Gasteiger partial charge in [0.05, 0.1) is 11.8 Å². The SMILES string of the molecule is CC(OC(=O)C1C2CCC(C2)C1C(=O)OC(C)(C)C)C(F)(F)S(=O)(=O)O. The standard InChI is InChI=1S/C16H24F2O7S/c1-8(16(17,18)26(21,22)23)24-13(19)11-9-5-6-10(7-9)12(11)14(20)25-15(2,3)4/h8-12H,5-7H2,1-4H3,(H,21,22,23). The molecule has 2 saturated carbocycles. The first-order valence-electron chi connectivity index (χ1n) is 8.43. The number of rotatable bonds is 5. The smallest absolute Gasteiger partial charge is 0.405 e. The summed E-state index contributed by atoms with van der Waals surface area (Å²) in [5.74, 6) is -3.69. The van der Waals surface area contributed by atoms with Crippen molar-refractivity contribution in [2.45, 2.75) is 63.9 Å².